The average Bonchev–Trinajstić information content (AvgIpc) is 3.19. The Balaban J connectivity index is 1.66. The highest BCUT2D eigenvalue weighted by Crippen LogP contribution is 2.55. The Morgan fingerprint density at radius 3 is 2.95 bits per heavy atom. The van der Waals surface area contributed by atoms with Crippen molar-refractivity contribution in [3.63, 3.8) is 0 Å². The summed E-state index contributed by atoms with van der Waals surface area (Å²) in [5.74, 6) is 0.121. The lowest BCUT2D eigenvalue weighted by Crippen LogP contribution is -2.51. The molecule has 2 aromatic carbocycles. The van der Waals surface area contributed by atoms with Gasteiger partial charge in [0.15, 0.2) is 0 Å². The zero-order valence-corrected chi connectivity index (χ0v) is 11.8. The second-order valence-corrected chi connectivity index (χ2v) is 6.59. The summed E-state index contributed by atoms with van der Waals surface area (Å²) >= 11 is 0. The number of hydrogen-bond acceptors (Lipinski definition) is 3. The van der Waals surface area contributed by atoms with Crippen LogP contribution in [0, 0.1) is 5.92 Å². The molecule has 6 rings (SSSR count). The largest absolute Gasteiger partial charge is 0.362 e. The molecule has 2 aromatic rings. The summed E-state index contributed by atoms with van der Waals surface area (Å²) in [4.78, 5) is 14.9. The zero-order chi connectivity index (χ0) is 14.5. The summed E-state index contributed by atoms with van der Waals surface area (Å²) in [5, 5.41) is 5.86. The van der Waals surface area contributed by atoms with Crippen molar-refractivity contribution >= 4 is 28.1 Å². The minimum absolute atomic E-state index is 0.0652. The van der Waals surface area contributed by atoms with Gasteiger partial charge in [0.25, 0.3) is 0 Å². The maximum atomic E-state index is 13.0. The predicted octanol–water partition coefficient (Wildman–Crippen LogP) is 2.65. The number of hydrogen-bond donors (Lipinski definition) is 1. The molecular weight excluding hydrogens is 276 g/mol. The van der Waals surface area contributed by atoms with E-state index in [0.29, 0.717) is 0 Å². The van der Waals surface area contributed by atoms with Gasteiger partial charge in [-0.1, -0.05) is 30.3 Å². The Bertz CT molecular complexity index is 885. The van der Waals surface area contributed by atoms with Gasteiger partial charge in [-0.2, -0.15) is 0 Å². The van der Waals surface area contributed by atoms with Crippen molar-refractivity contribution in [2.24, 2.45) is 5.92 Å². The molecule has 22 heavy (non-hydrogen) atoms. The summed E-state index contributed by atoms with van der Waals surface area (Å²) < 4.78 is 6.20. The van der Waals surface area contributed by atoms with E-state index in [2.05, 4.69) is 41.7 Å². The molecule has 0 unspecified atom stereocenters. The number of rotatable bonds is 0. The molecule has 0 saturated carbocycles. The van der Waals surface area contributed by atoms with E-state index in [-0.39, 0.29) is 24.1 Å². The van der Waals surface area contributed by atoms with Crippen molar-refractivity contribution < 1.29 is 9.53 Å². The lowest BCUT2D eigenvalue weighted by atomic mass is 9.83. The summed E-state index contributed by atoms with van der Waals surface area (Å²) in [6.45, 7) is 0. The third kappa shape index (κ3) is 1.04. The van der Waals surface area contributed by atoms with Crippen molar-refractivity contribution in [3.8, 4) is 0 Å². The van der Waals surface area contributed by atoms with Crippen LogP contribution in [0.3, 0.4) is 0 Å². The van der Waals surface area contributed by atoms with Gasteiger partial charge in [0.1, 0.15) is 11.8 Å². The standard InChI is InChI=1S/C18H14N2O2/c21-16-12-9-11-7-8-18(12,22-11)17-19-13-5-1-3-10-4-2-6-14(15(10)13)20(16)17/h1-8,11-12,17,19H,9H2/t11-,12+,17+,18+/m1/s1. The van der Waals surface area contributed by atoms with E-state index in [1.165, 1.54) is 0 Å². The van der Waals surface area contributed by atoms with Crippen LogP contribution in [0.5, 0.6) is 0 Å². The highest BCUT2D eigenvalue weighted by atomic mass is 16.5. The number of carbonyl (C=O) groups is 1. The Morgan fingerprint density at radius 2 is 2.09 bits per heavy atom. The Morgan fingerprint density at radius 1 is 1.23 bits per heavy atom. The third-order valence-electron chi connectivity index (χ3n) is 5.60. The smallest absolute Gasteiger partial charge is 0.235 e. The molecule has 4 heteroatoms. The molecule has 2 bridgehead atoms. The van der Waals surface area contributed by atoms with Crippen molar-refractivity contribution in [3.05, 3.63) is 48.6 Å². The van der Waals surface area contributed by atoms with Gasteiger partial charge in [-0.25, -0.2) is 0 Å². The summed E-state index contributed by atoms with van der Waals surface area (Å²) in [5.41, 5.74) is 1.59. The van der Waals surface area contributed by atoms with Crippen LogP contribution in [0.15, 0.2) is 48.6 Å². The van der Waals surface area contributed by atoms with Crippen molar-refractivity contribution in [1.82, 2.24) is 0 Å². The first-order chi connectivity index (χ1) is 10.8. The molecule has 4 aliphatic heterocycles. The first kappa shape index (κ1) is 11.3. The van der Waals surface area contributed by atoms with Gasteiger partial charge in [0, 0.05) is 11.1 Å². The van der Waals surface area contributed by atoms with Crippen molar-refractivity contribution in [2.75, 3.05) is 10.2 Å². The third-order valence-corrected chi connectivity index (χ3v) is 5.60. The van der Waals surface area contributed by atoms with Gasteiger partial charge in [0.05, 0.1) is 17.7 Å². The molecule has 108 valence electrons. The number of fused-ring (bicyclic) bond motifs is 3. The van der Waals surface area contributed by atoms with E-state index in [0.717, 1.165) is 28.6 Å². The Kier molecular flexibility index (Phi) is 1.72. The van der Waals surface area contributed by atoms with Gasteiger partial charge in [-0.15, -0.1) is 0 Å². The number of amides is 1. The van der Waals surface area contributed by atoms with Crippen LogP contribution in [0.1, 0.15) is 6.42 Å². The normalized spacial score (nSPS) is 36.6. The van der Waals surface area contributed by atoms with E-state index < -0.39 is 5.60 Å². The number of benzene rings is 2. The fraction of sp³-hybridized carbons (Fsp3) is 0.278. The van der Waals surface area contributed by atoms with E-state index >= 15 is 0 Å². The van der Waals surface area contributed by atoms with Crippen LogP contribution >= 0.6 is 0 Å². The molecule has 1 N–H and O–H groups in total. The van der Waals surface area contributed by atoms with Crippen LogP contribution in [0.2, 0.25) is 0 Å². The second-order valence-electron chi connectivity index (χ2n) is 6.59. The van der Waals surface area contributed by atoms with Crippen LogP contribution in [-0.2, 0) is 9.53 Å². The Hall–Kier alpha value is -2.33. The fourth-order valence-electron chi connectivity index (χ4n) is 4.70. The molecule has 1 spiro atoms. The molecule has 1 amide bonds. The van der Waals surface area contributed by atoms with Crippen LogP contribution in [-0.4, -0.2) is 23.8 Å². The molecular formula is C18H14N2O2. The number of ether oxygens (including phenoxy) is 1. The van der Waals surface area contributed by atoms with Gasteiger partial charge < -0.3 is 10.1 Å². The number of carbonyl (C=O) groups excluding carboxylic acids is 1. The molecule has 4 atom stereocenters. The lowest BCUT2D eigenvalue weighted by molar-refractivity contribution is -0.121. The highest BCUT2D eigenvalue weighted by Gasteiger charge is 2.67. The average molecular weight is 290 g/mol. The van der Waals surface area contributed by atoms with E-state index in [1.807, 2.05) is 17.0 Å². The summed E-state index contributed by atoms with van der Waals surface area (Å²) in [7, 11) is 0. The van der Waals surface area contributed by atoms with Crippen molar-refractivity contribution in [1.29, 1.82) is 0 Å². The molecule has 0 aromatic heterocycles. The maximum absolute atomic E-state index is 13.0. The van der Waals surface area contributed by atoms with Gasteiger partial charge in [-0.05, 0) is 30.0 Å². The summed E-state index contributed by atoms with van der Waals surface area (Å²) in [6.07, 6.45) is 4.97. The van der Waals surface area contributed by atoms with E-state index in [9.17, 15) is 4.79 Å². The van der Waals surface area contributed by atoms with Gasteiger partial charge in [-0.3, -0.25) is 9.69 Å². The number of anilines is 2. The fourth-order valence-corrected chi connectivity index (χ4v) is 4.70. The molecule has 2 saturated heterocycles. The maximum Gasteiger partial charge on any atom is 0.235 e. The topological polar surface area (TPSA) is 41.6 Å². The first-order valence-electron chi connectivity index (χ1n) is 7.76. The molecule has 2 fully saturated rings. The van der Waals surface area contributed by atoms with Gasteiger partial charge >= 0.3 is 0 Å². The summed E-state index contributed by atoms with van der Waals surface area (Å²) in [6, 6.07) is 12.4. The monoisotopic (exact) mass is 290 g/mol. The van der Waals surface area contributed by atoms with Crippen LogP contribution in [0.25, 0.3) is 10.8 Å². The number of nitrogens with one attached hydrogen (secondary N) is 1. The van der Waals surface area contributed by atoms with Crippen molar-refractivity contribution in [2.45, 2.75) is 24.3 Å². The SMILES string of the molecule is O=C1[C@@H]2C[C@H]3C=C[C@@]2(O3)[C@H]2Nc3cccc4cccc(c34)N12. The predicted molar refractivity (Wildman–Crippen MR) is 83.7 cm³/mol. The van der Waals surface area contributed by atoms with E-state index in [1.54, 1.807) is 0 Å². The highest BCUT2D eigenvalue weighted by molar-refractivity contribution is 6.14. The van der Waals surface area contributed by atoms with Crippen LogP contribution in [0.4, 0.5) is 11.4 Å². The van der Waals surface area contributed by atoms with Gasteiger partial charge in [0.2, 0.25) is 5.91 Å². The molecule has 0 aliphatic carbocycles. The van der Waals surface area contributed by atoms with E-state index in [4.69, 9.17) is 4.74 Å². The molecule has 4 aliphatic rings. The minimum Gasteiger partial charge on any atom is -0.362 e. The minimum atomic E-state index is -0.503. The number of nitrogens with zero attached hydrogens (tertiary/aromatic N) is 1. The van der Waals surface area contributed by atoms with Crippen LogP contribution < -0.4 is 10.2 Å². The quantitative estimate of drug-likeness (QED) is 0.758. The molecule has 0 radical (unpaired) electrons. The Labute approximate surface area is 127 Å². The first-order valence-corrected chi connectivity index (χ1v) is 7.76. The lowest BCUT2D eigenvalue weighted by Gasteiger charge is -2.38. The molecule has 4 nitrogen and oxygen atoms in total. The zero-order valence-electron chi connectivity index (χ0n) is 11.8. The second kappa shape index (κ2) is 3.36. The molecule has 4 heterocycles.